The molecule has 4 aromatic rings. The molecule has 0 amide bonds. The van der Waals surface area contributed by atoms with Gasteiger partial charge in [-0.15, -0.1) is 0 Å². The Bertz CT molecular complexity index is 1600. The first-order valence-electron chi connectivity index (χ1n) is 14.0. The summed E-state index contributed by atoms with van der Waals surface area (Å²) in [5.41, 5.74) is 2.85. The van der Waals surface area contributed by atoms with Crippen LogP contribution in [0.5, 0.6) is 5.75 Å². The van der Waals surface area contributed by atoms with Gasteiger partial charge < -0.3 is 24.5 Å². The van der Waals surface area contributed by atoms with Crippen molar-refractivity contribution in [3.05, 3.63) is 88.2 Å². The molecule has 0 aliphatic carbocycles. The third-order valence-electron chi connectivity index (χ3n) is 7.91. The van der Waals surface area contributed by atoms with Crippen LogP contribution >= 0.6 is 11.6 Å². The van der Waals surface area contributed by atoms with Gasteiger partial charge in [0.2, 0.25) is 0 Å². The molecule has 1 aromatic heterocycles. The molecule has 3 heterocycles. The second-order valence-corrected chi connectivity index (χ2v) is 11.2. The molecule has 1 atom stereocenters. The van der Waals surface area contributed by atoms with E-state index in [4.69, 9.17) is 26.1 Å². The van der Waals surface area contributed by atoms with Gasteiger partial charge in [0.15, 0.2) is 11.6 Å². The van der Waals surface area contributed by atoms with Gasteiger partial charge in [-0.25, -0.2) is 18.6 Å². The van der Waals surface area contributed by atoms with Gasteiger partial charge >= 0.3 is 5.97 Å². The molecule has 2 saturated heterocycles. The molecule has 42 heavy (non-hydrogen) atoms. The van der Waals surface area contributed by atoms with Crippen LogP contribution in [0.15, 0.2) is 54.6 Å². The summed E-state index contributed by atoms with van der Waals surface area (Å²) < 4.78 is 41.9. The van der Waals surface area contributed by atoms with E-state index in [1.54, 1.807) is 36.4 Å². The number of hydrogen-bond donors (Lipinski definition) is 2. The van der Waals surface area contributed by atoms with Crippen molar-refractivity contribution in [1.82, 2.24) is 14.5 Å². The van der Waals surface area contributed by atoms with E-state index in [1.807, 2.05) is 0 Å². The van der Waals surface area contributed by atoms with Crippen molar-refractivity contribution in [3.8, 4) is 5.75 Å². The number of rotatable bonds is 10. The highest BCUT2D eigenvalue weighted by molar-refractivity contribution is 6.30. The molecule has 3 aromatic carbocycles. The Morgan fingerprint density at radius 2 is 1.88 bits per heavy atom. The highest BCUT2D eigenvalue weighted by Gasteiger charge is 2.25. The number of aromatic nitrogens is 2. The van der Waals surface area contributed by atoms with E-state index in [-0.39, 0.29) is 35.1 Å². The fourth-order valence-corrected chi connectivity index (χ4v) is 5.59. The van der Waals surface area contributed by atoms with E-state index in [9.17, 15) is 18.7 Å². The Hall–Kier alpha value is -3.73. The summed E-state index contributed by atoms with van der Waals surface area (Å²) in [6, 6.07) is 14.1. The lowest BCUT2D eigenvalue weighted by Gasteiger charge is -2.33. The van der Waals surface area contributed by atoms with Gasteiger partial charge in [0.1, 0.15) is 18.2 Å². The Labute approximate surface area is 246 Å². The van der Waals surface area contributed by atoms with Gasteiger partial charge in [-0.05, 0) is 61.7 Å². The lowest BCUT2D eigenvalue weighted by Crippen LogP contribution is -2.39. The quantitative estimate of drug-likeness (QED) is 0.228. The highest BCUT2D eigenvalue weighted by atomic mass is 35.5. The van der Waals surface area contributed by atoms with E-state index < -0.39 is 17.6 Å². The van der Waals surface area contributed by atoms with Crippen molar-refractivity contribution in [2.75, 3.05) is 25.0 Å². The number of aromatic carboxylic acids is 1. The molecule has 2 aliphatic rings. The number of fused-ring (bicyclic) bond motifs is 1. The second kappa shape index (κ2) is 12.2. The Kier molecular flexibility index (Phi) is 8.28. The van der Waals surface area contributed by atoms with Gasteiger partial charge in [0.25, 0.3) is 0 Å². The number of hydrogen-bond acceptors (Lipinski definition) is 6. The normalized spacial score (nSPS) is 17.7. The molecule has 2 fully saturated rings. The lowest BCUT2D eigenvalue weighted by atomic mass is 10.0. The van der Waals surface area contributed by atoms with Crippen molar-refractivity contribution in [2.24, 2.45) is 0 Å². The zero-order chi connectivity index (χ0) is 29.2. The van der Waals surface area contributed by atoms with E-state index in [2.05, 4.69) is 14.8 Å². The maximum atomic E-state index is 14.4. The topological polar surface area (TPSA) is 88.9 Å². The first-order chi connectivity index (χ1) is 20.3. The second-order valence-electron chi connectivity index (χ2n) is 10.8. The first-order valence-corrected chi connectivity index (χ1v) is 14.4. The van der Waals surface area contributed by atoms with Crippen LogP contribution in [0.1, 0.15) is 41.0 Å². The van der Waals surface area contributed by atoms with Crippen LogP contribution < -0.4 is 10.1 Å². The van der Waals surface area contributed by atoms with Crippen LogP contribution in [-0.2, 0) is 24.4 Å². The van der Waals surface area contributed by atoms with Crippen LogP contribution in [0, 0.1) is 11.6 Å². The number of likely N-dealkylation sites (tertiary alicyclic amines) is 1. The van der Waals surface area contributed by atoms with Gasteiger partial charge in [-0.2, -0.15) is 0 Å². The molecule has 11 heteroatoms. The molecular formula is C31H31ClF2N4O4. The largest absolute Gasteiger partial charge is 0.486 e. The zero-order valence-electron chi connectivity index (χ0n) is 22.9. The standard InChI is InChI=1S/C31H31ClF2N4O4/c32-21-3-1-20(26(34)14-21)18-42-29-15-23(4-5-25(29)33)35-22-7-10-37(11-8-22)17-30-36-27-6-2-19(31(39)40)13-28(27)38(30)16-24-9-12-41-24/h1-6,13-15,22,24,35H,7-12,16-18H2,(H,39,40)/t24-/m0/s1. The van der Waals surface area contributed by atoms with Gasteiger partial charge in [-0.3, -0.25) is 4.90 Å². The average Bonchev–Trinajstić information content (AvgIpc) is 3.28. The SMILES string of the molecule is O=C(O)c1ccc2nc(CN3CCC(Nc4ccc(F)c(OCc5ccc(Cl)cc5F)c4)CC3)n(C[C@@H]3CCO3)c2c1. The fourth-order valence-electron chi connectivity index (χ4n) is 5.43. The van der Waals surface area contributed by atoms with Crippen LogP contribution in [-0.4, -0.2) is 57.4 Å². The van der Waals surface area contributed by atoms with Crippen LogP contribution in [0.3, 0.4) is 0 Å². The van der Waals surface area contributed by atoms with Crippen molar-refractivity contribution in [2.45, 2.75) is 51.1 Å². The summed E-state index contributed by atoms with van der Waals surface area (Å²) in [5, 5.41) is 13.3. The first kappa shape index (κ1) is 28.4. The van der Waals surface area contributed by atoms with Gasteiger partial charge in [0, 0.05) is 48.1 Å². The highest BCUT2D eigenvalue weighted by Crippen LogP contribution is 2.27. The Morgan fingerprint density at radius 1 is 1.07 bits per heavy atom. The van der Waals surface area contributed by atoms with Crippen molar-refractivity contribution in [1.29, 1.82) is 0 Å². The van der Waals surface area contributed by atoms with Crippen LogP contribution in [0.4, 0.5) is 14.5 Å². The molecule has 2 aliphatic heterocycles. The molecule has 0 unspecified atom stereocenters. The molecule has 8 nitrogen and oxygen atoms in total. The lowest BCUT2D eigenvalue weighted by molar-refractivity contribution is -0.0592. The number of carboxylic acids is 1. The van der Waals surface area contributed by atoms with E-state index in [0.717, 1.165) is 61.5 Å². The number of benzene rings is 3. The fraction of sp³-hybridized carbons (Fsp3) is 0.355. The third kappa shape index (κ3) is 6.35. The molecular weight excluding hydrogens is 566 g/mol. The molecule has 0 radical (unpaired) electrons. The number of carboxylic acid groups (broad SMARTS) is 1. The number of imidazole rings is 1. The van der Waals surface area contributed by atoms with E-state index in [0.29, 0.717) is 18.7 Å². The molecule has 0 spiro atoms. The smallest absolute Gasteiger partial charge is 0.335 e. The summed E-state index contributed by atoms with van der Waals surface area (Å²) in [6.45, 7) is 3.59. The van der Waals surface area contributed by atoms with E-state index in [1.165, 1.54) is 18.2 Å². The monoisotopic (exact) mass is 596 g/mol. The minimum Gasteiger partial charge on any atom is -0.486 e. The van der Waals surface area contributed by atoms with Crippen molar-refractivity contribution >= 4 is 34.3 Å². The summed E-state index contributed by atoms with van der Waals surface area (Å²) in [7, 11) is 0. The van der Waals surface area contributed by atoms with Crippen LogP contribution in [0.25, 0.3) is 11.0 Å². The molecule has 0 saturated carbocycles. The van der Waals surface area contributed by atoms with Crippen molar-refractivity contribution in [3.63, 3.8) is 0 Å². The Balaban J connectivity index is 1.08. The summed E-state index contributed by atoms with van der Waals surface area (Å²) in [6.07, 6.45) is 2.83. The predicted molar refractivity (Wildman–Crippen MR) is 155 cm³/mol. The minimum atomic E-state index is -0.962. The number of nitrogens with one attached hydrogen (secondary N) is 1. The number of halogens is 3. The average molecular weight is 597 g/mol. The van der Waals surface area contributed by atoms with Crippen LogP contribution in [0.2, 0.25) is 5.02 Å². The number of anilines is 1. The maximum absolute atomic E-state index is 14.4. The molecule has 0 bridgehead atoms. The summed E-state index contributed by atoms with van der Waals surface area (Å²) in [5.74, 6) is -1.04. The predicted octanol–water partition coefficient (Wildman–Crippen LogP) is 6.11. The van der Waals surface area contributed by atoms with Gasteiger partial charge in [-0.1, -0.05) is 17.7 Å². The molecule has 220 valence electrons. The summed E-state index contributed by atoms with van der Waals surface area (Å²) in [4.78, 5) is 18.8. The number of nitrogens with zero attached hydrogens (tertiary/aromatic N) is 3. The maximum Gasteiger partial charge on any atom is 0.335 e. The van der Waals surface area contributed by atoms with Gasteiger partial charge in [0.05, 0.1) is 35.8 Å². The molecule has 2 N–H and O–H groups in total. The number of ether oxygens (including phenoxy) is 2. The minimum absolute atomic E-state index is 0.0483. The summed E-state index contributed by atoms with van der Waals surface area (Å²) >= 11 is 5.81. The molecule has 6 rings (SSSR count). The Morgan fingerprint density at radius 3 is 2.60 bits per heavy atom. The van der Waals surface area contributed by atoms with E-state index >= 15 is 0 Å². The third-order valence-corrected chi connectivity index (χ3v) is 8.14. The zero-order valence-corrected chi connectivity index (χ0v) is 23.6. The number of carbonyl (C=O) groups is 1. The number of piperidine rings is 1. The van der Waals surface area contributed by atoms with Crippen molar-refractivity contribution < 1.29 is 28.2 Å².